The summed E-state index contributed by atoms with van der Waals surface area (Å²) in [6, 6.07) is 0. The predicted octanol–water partition coefficient (Wildman–Crippen LogP) is 6.63. The van der Waals surface area contributed by atoms with Gasteiger partial charge in [0.2, 0.25) is 0 Å². The zero-order valence-corrected chi connectivity index (χ0v) is 15.0. The molecule has 0 unspecified atom stereocenters. The molecule has 0 rings (SSSR count). The van der Waals surface area contributed by atoms with Crippen molar-refractivity contribution in [3.05, 3.63) is 12.2 Å². The lowest BCUT2D eigenvalue weighted by Crippen LogP contribution is -2.16. The number of allylic oxidation sites excluding steroid dienone is 2. The number of unbranched alkanes of at least 4 members (excludes halogenated alkanes) is 11. The molecular weight excluding hydrogens is 254 g/mol. The molecule has 21 heavy (non-hydrogen) atoms. The Morgan fingerprint density at radius 1 is 0.524 bits per heavy atom. The average Bonchev–Trinajstić information content (AvgIpc) is 2.50. The molecule has 0 amide bonds. The Bertz CT molecular complexity index is 198. The molecule has 0 aromatic carbocycles. The van der Waals surface area contributed by atoms with Crippen LogP contribution in [0.2, 0.25) is 0 Å². The van der Waals surface area contributed by atoms with Crippen LogP contribution in [0.4, 0.5) is 0 Å². The van der Waals surface area contributed by atoms with Crippen LogP contribution in [0.15, 0.2) is 12.2 Å². The van der Waals surface area contributed by atoms with Crippen LogP contribution in [0.1, 0.15) is 104 Å². The summed E-state index contributed by atoms with van der Waals surface area (Å²) in [7, 11) is 0. The molecule has 0 aliphatic heterocycles. The van der Waals surface area contributed by atoms with Gasteiger partial charge in [-0.05, 0) is 45.2 Å². The van der Waals surface area contributed by atoms with Gasteiger partial charge in [-0.1, -0.05) is 83.8 Å². The van der Waals surface area contributed by atoms with Crippen molar-refractivity contribution in [3.8, 4) is 0 Å². The number of nitrogens with one attached hydrogen (secondary N) is 1. The summed E-state index contributed by atoms with van der Waals surface area (Å²) in [5.74, 6) is 0. The zero-order valence-electron chi connectivity index (χ0n) is 15.0. The third-order valence-electron chi connectivity index (χ3n) is 4.07. The van der Waals surface area contributed by atoms with Gasteiger partial charge >= 0.3 is 0 Å². The second-order valence-corrected chi connectivity index (χ2v) is 6.33. The molecule has 0 saturated carbocycles. The first kappa shape index (κ1) is 20.7. The Labute approximate surface area is 135 Å². The number of rotatable bonds is 17. The van der Waals surface area contributed by atoms with Crippen molar-refractivity contribution in [3.63, 3.8) is 0 Å². The van der Waals surface area contributed by atoms with Crippen LogP contribution >= 0.6 is 0 Å². The van der Waals surface area contributed by atoms with E-state index in [4.69, 9.17) is 0 Å². The highest BCUT2D eigenvalue weighted by Crippen LogP contribution is 2.07. The summed E-state index contributed by atoms with van der Waals surface area (Å²) in [5, 5.41) is 3.57. The molecule has 1 heteroatoms. The minimum atomic E-state index is 1.19. The van der Waals surface area contributed by atoms with Gasteiger partial charge in [0.05, 0.1) is 0 Å². The van der Waals surface area contributed by atoms with Gasteiger partial charge in [0.1, 0.15) is 0 Å². The minimum Gasteiger partial charge on any atom is -0.317 e. The summed E-state index contributed by atoms with van der Waals surface area (Å²) in [6.07, 6.45) is 24.0. The number of hydrogen-bond donors (Lipinski definition) is 1. The normalized spacial score (nSPS) is 11.5. The van der Waals surface area contributed by atoms with Gasteiger partial charge in [0.15, 0.2) is 0 Å². The van der Waals surface area contributed by atoms with Crippen molar-refractivity contribution in [2.45, 2.75) is 104 Å². The fourth-order valence-electron chi connectivity index (χ4n) is 2.60. The molecular formula is C20H41N. The molecule has 0 aliphatic rings. The highest BCUT2D eigenvalue weighted by molar-refractivity contribution is 4.81. The Kier molecular flexibility index (Phi) is 19.4. The van der Waals surface area contributed by atoms with Crippen molar-refractivity contribution in [2.75, 3.05) is 13.1 Å². The van der Waals surface area contributed by atoms with E-state index in [1.54, 1.807) is 0 Å². The summed E-state index contributed by atoms with van der Waals surface area (Å²) in [6.45, 7) is 6.96. The first-order chi connectivity index (χ1) is 10.4. The first-order valence-corrected chi connectivity index (χ1v) is 9.77. The van der Waals surface area contributed by atoms with Gasteiger partial charge < -0.3 is 5.32 Å². The van der Waals surface area contributed by atoms with Gasteiger partial charge in [-0.3, -0.25) is 0 Å². The number of hydrogen-bond acceptors (Lipinski definition) is 1. The molecule has 1 nitrogen and oxygen atoms in total. The van der Waals surface area contributed by atoms with E-state index in [2.05, 4.69) is 31.3 Å². The van der Waals surface area contributed by atoms with E-state index < -0.39 is 0 Å². The van der Waals surface area contributed by atoms with E-state index in [-0.39, 0.29) is 0 Å². The Hall–Kier alpha value is -0.300. The molecule has 126 valence electrons. The van der Waals surface area contributed by atoms with Crippen molar-refractivity contribution in [1.29, 1.82) is 0 Å². The highest BCUT2D eigenvalue weighted by Gasteiger charge is 1.92. The third-order valence-corrected chi connectivity index (χ3v) is 4.07. The quantitative estimate of drug-likeness (QED) is 0.234. The Balaban J connectivity index is 2.99. The predicted molar refractivity (Wildman–Crippen MR) is 98.0 cm³/mol. The molecule has 0 saturated heterocycles. The largest absolute Gasteiger partial charge is 0.317 e. The highest BCUT2D eigenvalue weighted by atomic mass is 14.8. The van der Waals surface area contributed by atoms with E-state index >= 15 is 0 Å². The SMILES string of the molecule is CCCCC/C=C/CCCNCCCCCCCCCC. The van der Waals surface area contributed by atoms with Crippen LogP contribution in [0, 0.1) is 0 Å². The first-order valence-electron chi connectivity index (χ1n) is 9.77. The van der Waals surface area contributed by atoms with Gasteiger partial charge in [-0.2, -0.15) is 0 Å². The molecule has 0 atom stereocenters. The lowest BCUT2D eigenvalue weighted by molar-refractivity contribution is 0.551. The van der Waals surface area contributed by atoms with Crippen molar-refractivity contribution >= 4 is 0 Å². The molecule has 0 heterocycles. The molecule has 1 N–H and O–H groups in total. The molecule has 0 bridgehead atoms. The molecule has 0 fully saturated rings. The average molecular weight is 296 g/mol. The van der Waals surface area contributed by atoms with Gasteiger partial charge in [-0.15, -0.1) is 0 Å². The fraction of sp³-hybridized carbons (Fsp3) is 0.900. The van der Waals surface area contributed by atoms with Crippen LogP contribution in [-0.2, 0) is 0 Å². The van der Waals surface area contributed by atoms with Crippen molar-refractivity contribution in [2.24, 2.45) is 0 Å². The van der Waals surface area contributed by atoms with E-state index in [1.807, 2.05) is 0 Å². The van der Waals surface area contributed by atoms with Crippen LogP contribution in [-0.4, -0.2) is 13.1 Å². The maximum absolute atomic E-state index is 3.57. The van der Waals surface area contributed by atoms with Crippen LogP contribution in [0.25, 0.3) is 0 Å². The summed E-state index contributed by atoms with van der Waals surface area (Å²) >= 11 is 0. The summed E-state index contributed by atoms with van der Waals surface area (Å²) < 4.78 is 0. The maximum atomic E-state index is 3.57. The zero-order chi connectivity index (χ0) is 15.4. The molecule has 0 aromatic rings. The second kappa shape index (κ2) is 19.7. The van der Waals surface area contributed by atoms with E-state index in [0.29, 0.717) is 0 Å². The third kappa shape index (κ3) is 19.7. The van der Waals surface area contributed by atoms with Gasteiger partial charge in [-0.25, -0.2) is 0 Å². The topological polar surface area (TPSA) is 12.0 Å². The second-order valence-electron chi connectivity index (χ2n) is 6.33. The van der Waals surface area contributed by atoms with Crippen molar-refractivity contribution in [1.82, 2.24) is 5.32 Å². The van der Waals surface area contributed by atoms with Gasteiger partial charge in [0.25, 0.3) is 0 Å². The van der Waals surface area contributed by atoms with Crippen LogP contribution in [0.5, 0.6) is 0 Å². The fourth-order valence-corrected chi connectivity index (χ4v) is 2.60. The van der Waals surface area contributed by atoms with Gasteiger partial charge in [0, 0.05) is 0 Å². The van der Waals surface area contributed by atoms with Crippen LogP contribution < -0.4 is 5.32 Å². The smallest absolute Gasteiger partial charge is 0.00460 e. The minimum absolute atomic E-state index is 1.19. The molecule has 0 aromatic heterocycles. The molecule has 0 radical (unpaired) electrons. The maximum Gasteiger partial charge on any atom is -0.00460 e. The monoisotopic (exact) mass is 295 g/mol. The lowest BCUT2D eigenvalue weighted by Gasteiger charge is -2.04. The van der Waals surface area contributed by atoms with Crippen molar-refractivity contribution < 1.29 is 0 Å². The van der Waals surface area contributed by atoms with E-state index in [0.717, 1.165) is 0 Å². The lowest BCUT2D eigenvalue weighted by atomic mass is 10.1. The molecule has 0 aliphatic carbocycles. The van der Waals surface area contributed by atoms with E-state index in [1.165, 1.54) is 103 Å². The van der Waals surface area contributed by atoms with Crippen LogP contribution in [0.3, 0.4) is 0 Å². The Morgan fingerprint density at radius 2 is 1.00 bits per heavy atom. The standard InChI is InChI=1S/C20H41N/c1-3-5-7-9-11-13-15-17-19-21-20-18-16-14-12-10-8-6-4-2/h11,13,21H,3-10,12,14-20H2,1-2H3/b13-11+. The van der Waals surface area contributed by atoms with E-state index in [9.17, 15) is 0 Å². The Morgan fingerprint density at radius 3 is 1.67 bits per heavy atom. The molecule has 0 spiro atoms. The summed E-state index contributed by atoms with van der Waals surface area (Å²) in [5.41, 5.74) is 0. The summed E-state index contributed by atoms with van der Waals surface area (Å²) in [4.78, 5) is 0.